The lowest BCUT2D eigenvalue weighted by atomic mass is 9.35. The molecule has 2 N–H and O–H groups in total. The summed E-state index contributed by atoms with van der Waals surface area (Å²) < 4.78 is 0. The highest BCUT2D eigenvalue weighted by Gasteiger charge is 2.70. The van der Waals surface area contributed by atoms with Crippen molar-refractivity contribution >= 4 is 5.91 Å². The van der Waals surface area contributed by atoms with Crippen molar-refractivity contribution < 1.29 is 4.79 Å². The van der Waals surface area contributed by atoms with E-state index in [2.05, 4.69) is 9.80 Å². The Bertz CT molecular complexity index is 363. The van der Waals surface area contributed by atoms with Gasteiger partial charge in [0.05, 0.1) is 5.41 Å². The van der Waals surface area contributed by atoms with Crippen molar-refractivity contribution in [2.24, 2.45) is 16.6 Å². The minimum Gasteiger partial charge on any atom is -0.369 e. The zero-order chi connectivity index (χ0) is 12.4. The molecule has 1 aliphatic heterocycles. The van der Waals surface area contributed by atoms with Gasteiger partial charge in [-0.25, -0.2) is 0 Å². The molecule has 5 rings (SSSR count). The number of carbonyl (C=O) groups is 1. The van der Waals surface area contributed by atoms with Crippen molar-refractivity contribution in [2.75, 3.05) is 32.7 Å². The third kappa shape index (κ3) is 1.55. The summed E-state index contributed by atoms with van der Waals surface area (Å²) >= 11 is 0. The van der Waals surface area contributed by atoms with E-state index in [1.165, 1.54) is 45.6 Å². The Morgan fingerprint density at radius 1 is 1.11 bits per heavy atom. The molecule has 1 heterocycles. The Morgan fingerprint density at radius 3 is 2.22 bits per heavy atom. The molecule has 0 aromatic carbocycles. The lowest BCUT2D eigenvalue weighted by molar-refractivity contribution is -0.212. The quantitative estimate of drug-likeness (QED) is 0.785. The fourth-order valence-electron chi connectivity index (χ4n) is 4.63. The molecule has 1 amide bonds. The third-order valence-electron chi connectivity index (χ3n) is 5.69. The average Bonchev–Trinajstić information content (AvgIpc) is 3.05. The smallest absolute Gasteiger partial charge is 0.223 e. The van der Waals surface area contributed by atoms with Crippen LogP contribution in [0.1, 0.15) is 32.1 Å². The van der Waals surface area contributed by atoms with Gasteiger partial charge in [-0.3, -0.25) is 9.69 Å². The molecule has 0 spiro atoms. The lowest BCUT2D eigenvalue weighted by Crippen LogP contribution is -2.70. The van der Waals surface area contributed by atoms with E-state index in [4.69, 9.17) is 5.73 Å². The fraction of sp³-hybridized carbons (Fsp3) is 0.929. The number of hydrogen-bond donors (Lipinski definition) is 1. The molecule has 18 heavy (non-hydrogen) atoms. The normalized spacial score (nSPS) is 44.2. The lowest BCUT2D eigenvalue weighted by Gasteiger charge is -2.70. The fourth-order valence-corrected chi connectivity index (χ4v) is 4.63. The van der Waals surface area contributed by atoms with Crippen LogP contribution >= 0.6 is 0 Å². The highest BCUT2D eigenvalue weighted by atomic mass is 16.1. The summed E-state index contributed by atoms with van der Waals surface area (Å²) in [7, 11) is 0. The monoisotopic (exact) mass is 249 g/mol. The second-order valence-electron chi connectivity index (χ2n) is 7.22. The SMILES string of the molecule is NC(=O)C12CC(CN3CCN(C4CC4)CC3)(C1)C2. The van der Waals surface area contributed by atoms with E-state index in [0.717, 1.165) is 25.3 Å². The van der Waals surface area contributed by atoms with Gasteiger partial charge >= 0.3 is 0 Å². The zero-order valence-corrected chi connectivity index (χ0v) is 11.0. The summed E-state index contributed by atoms with van der Waals surface area (Å²) in [6.07, 6.45) is 6.05. The molecule has 100 valence electrons. The standard InChI is InChI=1S/C14H23N3O/c15-12(18)14-7-13(8-14,9-14)10-16-3-5-17(6-4-16)11-1-2-11/h11H,1-10H2,(H2,15,18). The maximum absolute atomic E-state index is 11.3. The van der Waals surface area contributed by atoms with Gasteiger partial charge in [0.25, 0.3) is 0 Å². The van der Waals surface area contributed by atoms with Crippen molar-refractivity contribution in [1.82, 2.24) is 9.80 Å². The van der Waals surface area contributed by atoms with Crippen LogP contribution in [0.2, 0.25) is 0 Å². The predicted molar refractivity (Wildman–Crippen MR) is 68.9 cm³/mol. The molecule has 4 saturated carbocycles. The Labute approximate surface area is 108 Å². The first kappa shape index (κ1) is 11.2. The first-order valence-corrected chi connectivity index (χ1v) is 7.37. The molecular formula is C14H23N3O. The van der Waals surface area contributed by atoms with Crippen molar-refractivity contribution in [3.8, 4) is 0 Å². The topological polar surface area (TPSA) is 49.6 Å². The van der Waals surface area contributed by atoms with E-state index in [9.17, 15) is 4.79 Å². The highest BCUT2D eigenvalue weighted by molar-refractivity contribution is 5.84. The second kappa shape index (κ2) is 3.48. The third-order valence-corrected chi connectivity index (χ3v) is 5.69. The number of rotatable bonds is 4. The molecule has 0 aromatic heterocycles. The van der Waals surface area contributed by atoms with Crippen LogP contribution in [0, 0.1) is 10.8 Å². The molecular weight excluding hydrogens is 226 g/mol. The maximum Gasteiger partial charge on any atom is 0.223 e. The molecule has 0 aromatic rings. The van der Waals surface area contributed by atoms with Crippen LogP contribution < -0.4 is 5.73 Å². The average molecular weight is 249 g/mol. The number of piperazine rings is 1. The molecule has 4 aliphatic carbocycles. The summed E-state index contributed by atoms with van der Waals surface area (Å²) in [6.45, 7) is 6.16. The van der Waals surface area contributed by atoms with Gasteiger partial charge in [-0.1, -0.05) is 0 Å². The van der Waals surface area contributed by atoms with Crippen LogP contribution in [0.4, 0.5) is 0 Å². The van der Waals surface area contributed by atoms with Gasteiger partial charge in [0.15, 0.2) is 0 Å². The first-order valence-electron chi connectivity index (χ1n) is 7.37. The molecule has 4 nitrogen and oxygen atoms in total. The van der Waals surface area contributed by atoms with Crippen LogP contribution in [-0.4, -0.2) is 54.5 Å². The van der Waals surface area contributed by atoms with Crippen LogP contribution in [0.25, 0.3) is 0 Å². The molecule has 0 unspecified atom stereocenters. The number of hydrogen-bond acceptors (Lipinski definition) is 3. The predicted octanol–water partition coefficient (Wildman–Crippen LogP) is 0.422. The van der Waals surface area contributed by atoms with Crippen molar-refractivity contribution in [3.05, 3.63) is 0 Å². The van der Waals surface area contributed by atoms with E-state index in [-0.39, 0.29) is 11.3 Å². The van der Waals surface area contributed by atoms with Gasteiger partial charge in [0.1, 0.15) is 0 Å². The van der Waals surface area contributed by atoms with Gasteiger partial charge in [0.2, 0.25) is 5.91 Å². The molecule has 0 atom stereocenters. The Morgan fingerprint density at radius 2 is 1.72 bits per heavy atom. The largest absolute Gasteiger partial charge is 0.369 e. The molecule has 4 heteroatoms. The van der Waals surface area contributed by atoms with Gasteiger partial charge in [0, 0.05) is 38.8 Å². The number of carbonyl (C=O) groups excluding carboxylic acids is 1. The molecule has 5 fully saturated rings. The van der Waals surface area contributed by atoms with Gasteiger partial charge < -0.3 is 10.6 Å². The minimum atomic E-state index is -0.0736. The summed E-state index contributed by atoms with van der Waals surface area (Å²) in [6, 6.07) is 0.917. The van der Waals surface area contributed by atoms with Gasteiger partial charge in [-0.2, -0.15) is 0 Å². The van der Waals surface area contributed by atoms with E-state index in [0.29, 0.717) is 5.41 Å². The summed E-state index contributed by atoms with van der Waals surface area (Å²) in [4.78, 5) is 16.6. The molecule has 0 radical (unpaired) electrons. The molecule has 2 bridgehead atoms. The number of nitrogens with two attached hydrogens (primary N) is 1. The van der Waals surface area contributed by atoms with Gasteiger partial charge in [-0.05, 0) is 37.5 Å². The summed E-state index contributed by atoms with van der Waals surface area (Å²) in [5.74, 6) is -0.0528. The Kier molecular flexibility index (Phi) is 2.17. The Hall–Kier alpha value is -0.610. The van der Waals surface area contributed by atoms with Crippen molar-refractivity contribution in [2.45, 2.75) is 38.1 Å². The van der Waals surface area contributed by atoms with E-state index < -0.39 is 0 Å². The maximum atomic E-state index is 11.3. The van der Waals surface area contributed by atoms with E-state index >= 15 is 0 Å². The minimum absolute atomic E-state index is 0.0528. The van der Waals surface area contributed by atoms with Gasteiger partial charge in [-0.15, -0.1) is 0 Å². The van der Waals surface area contributed by atoms with Crippen LogP contribution in [0.3, 0.4) is 0 Å². The Balaban J connectivity index is 1.27. The van der Waals surface area contributed by atoms with Crippen LogP contribution in [-0.2, 0) is 4.79 Å². The zero-order valence-electron chi connectivity index (χ0n) is 11.0. The number of amides is 1. The van der Waals surface area contributed by atoms with Crippen molar-refractivity contribution in [3.63, 3.8) is 0 Å². The summed E-state index contributed by atoms with van der Waals surface area (Å²) in [5.41, 5.74) is 5.86. The summed E-state index contributed by atoms with van der Waals surface area (Å²) in [5, 5.41) is 0. The van der Waals surface area contributed by atoms with Crippen molar-refractivity contribution in [1.29, 1.82) is 0 Å². The first-order chi connectivity index (χ1) is 8.61. The molecule has 5 aliphatic rings. The van der Waals surface area contributed by atoms with E-state index in [1.807, 2.05) is 0 Å². The second-order valence-corrected chi connectivity index (χ2v) is 7.22. The van der Waals surface area contributed by atoms with Crippen LogP contribution in [0.15, 0.2) is 0 Å². The van der Waals surface area contributed by atoms with Crippen LogP contribution in [0.5, 0.6) is 0 Å². The van der Waals surface area contributed by atoms with E-state index in [1.54, 1.807) is 0 Å². The number of primary amides is 1. The number of nitrogens with zero attached hydrogens (tertiary/aromatic N) is 2. The molecule has 1 saturated heterocycles. The highest BCUT2D eigenvalue weighted by Crippen LogP contribution is 2.73.